The van der Waals surface area contributed by atoms with Crippen LogP contribution in [0.5, 0.6) is 5.75 Å². The highest BCUT2D eigenvalue weighted by atomic mass is 35.5. The summed E-state index contributed by atoms with van der Waals surface area (Å²) < 4.78 is 6.71. The predicted molar refractivity (Wildman–Crippen MR) is 105 cm³/mol. The zero-order valence-corrected chi connectivity index (χ0v) is 16.1. The van der Waals surface area contributed by atoms with Crippen LogP contribution in [0.4, 0.5) is 0 Å². The number of hydrogen-bond donors (Lipinski definition) is 1. The fourth-order valence-electron chi connectivity index (χ4n) is 3.35. The summed E-state index contributed by atoms with van der Waals surface area (Å²) in [6, 6.07) is 11.4. The number of hydrogen-bond acceptors (Lipinski definition) is 4. The highest BCUT2D eigenvalue weighted by Gasteiger charge is 2.27. The molecular formula is C21H20ClNO4. The Morgan fingerprint density at radius 2 is 1.85 bits per heavy atom. The molecule has 0 spiro atoms. The standard InChI is InChI=1S/C21H20ClNO4/c1-4-27-21(26)12(2)19-13(3)23(18-10-9-16(24)11-17(18)19)20(25)14-5-7-15(22)8-6-14/h5-12,24H,4H2,1-3H3. The first-order valence-electron chi connectivity index (χ1n) is 8.66. The quantitative estimate of drug-likeness (QED) is 0.663. The van der Waals surface area contributed by atoms with Crippen LogP contribution in [0.2, 0.25) is 5.02 Å². The highest BCUT2D eigenvalue weighted by molar-refractivity contribution is 6.30. The zero-order valence-electron chi connectivity index (χ0n) is 15.3. The van der Waals surface area contributed by atoms with E-state index in [-0.39, 0.29) is 24.2 Å². The van der Waals surface area contributed by atoms with E-state index in [9.17, 15) is 14.7 Å². The zero-order chi connectivity index (χ0) is 19.7. The number of fused-ring (bicyclic) bond motifs is 1. The van der Waals surface area contributed by atoms with E-state index >= 15 is 0 Å². The van der Waals surface area contributed by atoms with Gasteiger partial charge in [0.1, 0.15) is 5.75 Å². The van der Waals surface area contributed by atoms with E-state index in [0.29, 0.717) is 32.7 Å². The van der Waals surface area contributed by atoms with Crippen LogP contribution >= 0.6 is 11.6 Å². The molecule has 6 heteroatoms. The third kappa shape index (κ3) is 3.43. The molecule has 0 saturated carbocycles. The summed E-state index contributed by atoms with van der Waals surface area (Å²) in [6.45, 7) is 5.54. The van der Waals surface area contributed by atoms with Gasteiger partial charge >= 0.3 is 5.97 Å². The first-order valence-corrected chi connectivity index (χ1v) is 9.03. The molecule has 0 saturated heterocycles. The summed E-state index contributed by atoms with van der Waals surface area (Å²) in [7, 11) is 0. The maximum Gasteiger partial charge on any atom is 0.313 e. The molecule has 0 bridgehead atoms. The Morgan fingerprint density at radius 3 is 2.48 bits per heavy atom. The lowest BCUT2D eigenvalue weighted by atomic mass is 9.98. The van der Waals surface area contributed by atoms with Crippen LogP contribution < -0.4 is 0 Å². The number of esters is 1. The number of halogens is 1. The van der Waals surface area contributed by atoms with E-state index in [1.165, 1.54) is 6.07 Å². The third-order valence-corrected chi connectivity index (χ3v) is 4.86. The molecule has 1 N–H and O–H groups in total. The Labute approximate surface area is 162 Å². The number of rotatable bonds is 4. The molecule has 1 unspecified atom stereocenters. The summed E-state index contributed by atoms with van der Waals surface area (Å²) in [6.07, 6.45) is 0. The summed E-state index contributed by atoms with van der Waals surface area (Å²) >= 11 is 5.92. The normalized spacial score (nSPS) is 12.1. The molecule has 1 aromatic heterocycles. The minimum atomic E-state index is -0.575. The van der Waals surface area contributed by atoms with Gasteiger partial charge in [-0.1, -0.05) is 11.6 Å². The van der Waals surface area contributed by atoms with E-state index in [2.05, 4.69) is 0 Å². The van der Waals surface area contributed by atoms with Gasteiger partial charge in [0.25, 0.3) is 5.91 Å². The summed E-state index contributed by atoms with van der Waals surface area (Å²) in [5, 5.41) is 11.1. The van der Waals surface area contributed by atoms with Crippen molar-refractivity contribution in [2.45, 2.75) is 26.7 Å². The van der Waals surface area contributed by atoms with Crippen LogP contribution in [0.3, 0.4) is 0 Å². The van der Waals surface area contributed by atoms with Gasteiger partial charge in [-0.15, -0.1) is 0 Å². The molecular weight excluding hydrogens is 366 g/mol. The van der Waals surface area contributed by atoms with Gasteiger partial charge in [0.05, 0.1) is 18.0 Å². The molecule has 1 atom stereocenters. The van der Waals surface area contributed by atoms with Crippen molar-refractivity contribution in [1.29, 1.82) is 0 Å². The van der Waals surface area contributed by atoms with Crippen molar-refractivity contribution in [2.75, 3.05) is 6.61 Å². The van der Waals surface area contributed by atoms with Crippen LogP contribution in [0, 0.1) is 6.92 Å². The fourth-order valence-corrected chi connectivity index (χ4v) is 3.47. The van der Waals surface area contributed by atoms with Gasteiger partial charge in [0.15, 0.2) is 0 Å². The minimum absolute atomic E-state index is 0.0656. The Balaban J connectivity index is 2.22. The van der Waals surface area contributed by atoms with Crippen molar-refractivity contribution in [3.05, 3.63) is 64.3 Å². The number of carbonyl (C=O) groups is 2. The molecule has 5 nitrogen and oxygen atoms in total. The maximum absolute atomic E-state index is 13.2. The molecule has 1 heterocycles. The number of phenols is 1. The number of aromatic hydroxyl groups is 1. The maximum atomic E-state index is 13.2. The highest BCUT2D eigenvalue weighted by Crippen LogP contribution is 2.35. The number of benzene rings is 2. The second-order valence-electron chi connectivity index (χ2n) is 6.32. The van der Waals surface area contributed by atoms with E-state index in [1.54, 1.807) is 61.7 Å². The lowest BCUT2D eigenvalue weighted by Gasteiger charge is -2.12. The van der Waals surface area contributed by atoms with Crippen LogP contribution in [0.1, 0.15) is 41.4 Å². The molecule has 3 rings (SSSR count). The average Bonchev–Trinajstić information content (AvgIpc) is 2.92. The monoisotopic (exact) mass is 385 g/mol. The van der Waals surface area contributed by atoms with Crippen molar-refractivity contribution in [1.82, 2.24) is 4.57 Å². The van der Waals surface area contributed by atoms with E-state index in [4.69, 9.17) is 16.3 Å². The average molecular weight is 386 g/mol. The molecule has 0 aliphatic rings. The molecule has 0 amide bonds. The van der Waals surface area contributed by atoms with E-state index in [0.717, 1.165) is 0 Å². The van der Waals surface area contributed by atoms with Gasteiger partial charge in [-0.05, 0) is 68.8 Å². The van der Waals surface area contributed by atoms with Gasteiger partial charge < -0.3 is 9.84 Å². The SMILES string of the molecule is CCOC(=O)C(C)c1c(C)n(C(=O)c2ccc(Cl)cc2)c2ccc(O)cc12. The Morgan fingerprint density at radius 1 is 1.19 bits per heavy atom. The van der Waals surface area contributed by atoms with Crippen molar-refractivity contribution in [3.63, 3.8) is 0 Å². The number of ether oxygens (including phenoxy) is 1. The molecule has 0 fully saturated rings. The van der Waals surface area contributed by atoms with E-state index in [1.807, 2.05) is 0 Å². The van der Waals surface area contributed by atoms with Crippen LogP contribution in [-0.4, -0.2) is 28.2 Å². The smallest absolute Gasteiger partial charge is 0.313 e. The molecule has 0 radical (unpaired) electrons. The van der Waals surface area contributed by atoms with Gasteiger partial charge in [0, 0.05) is 21.7 Å². The Bertz CT molecular complexity index is 1020. The molecule has 140 valence electrons. The minimum Gasteiger partial charge on any atom is -0.508 e. The predicted octanol–water partition coefficient (Wildman–Crippen LogP) is 4.66. The van der Waals surface area contributed by atoms with Gasteiger partial charge in [-0.3, -0.25) is 14.2 Å². The molecule has 2 aromatic carbocycles. The largest absolute Gasteiger partial charge is 0.508 e. The second-order valence-corrected chi connectivity index (χ2v) is 6.76. The molecule has 3 aromatic rings. The number of carbonyl (C=O) groups excluding carboxylic acids is 2. The van der Waals surface area contributed by atoms with Gasteiger partial charge in [0.2, 0.25) is 0 Å². The molecule has 27 heavy (non-hydrogen) atoms. The van der Waals surface area contributed by atoms with Crippen LogP contribution in [-0.2, 0) is 9.53 Å². The lowest BCUT2D eigenvalue weighted by molar-refractivity contribution is -0.144. The number of phenolic OH excluding ortho intramolecular Hbond substituents is 1. The number of aromatic nitrogens is 1. The molecule has 0 aliphatic carbocycles. The Hall–Kier alpha value is -2.79. The summed E-state index contributed by atoms with van der Waals surface area (Å²) in [4.78, 5) is 25.5. The lowest BCUT2D eigenvalue weighted by Crippen LogP contribution is -2.16. The van der Waals surface area contributed by atoms with E-state index < -0.39 is 5.92 Å². The summed E-state index contributed by atoms with van der Waals surface area (Å²) in [5.41, 5.74) is 2.40. The van der Waals surface area contributed by atoms with Gasteiger partial charge in [-0.25, -0.2) is 0 Å². The Kier molecular flexibility index (Phi) is 5.24. The topological polar surface area (TPSA) is 68.5 Å². The fraction of sp³-hybridized carbons (Fsp3) is 0.238. The van der Waals surface area contributed by atoms with Crippen LogP contribution in [0.15, 0.2) is 42.5 Å². The van der Waals surface area contributed by atoms with Crippen molar-refractivity contribution >= 4 is 34.4 Å². The van der Waals surface area contributed by atoms with Crippen molar-refractivity contribution in [2.24, 2.45) is 0 Å². The van der Waals surface area contributed by atoms with Crippen LogP contribution in [0.25, 0.3) is 10.9 Å². The number of nitrogens with zero attached hydrogens (tertiary/aromatic N) is 1. The summed E-state index contributed by atoms with van der Waals surface area (Å²) in [5.74, 6) is -1.12. The second kappa shape index (κ2) is 7.45. The third-order valence-electron chi connectivity index (χ3n) is 4.60. The first kappa shape index (κ1) is 19.0. The van der Waals surface area contributed by atoms with Crippen molar-refractivity contribution in [3.8, 4) is 5.75 Å². The van der Waals surface area contributed by atoms with Gasteiger partial charge in [-0.2, -0.15) is 0 Å². The molecule has 0 aliphatic heterocycles. The first-order chi connectivity index (χ1) is 12.8. The van der Waals surface area contributed by atoms with Crippen molar-refractivity contribution < 1.29 is 19.4 Å².